The number of aryl methyl sites for hydroxylation is 2. The average molecular weight is 263 g/mol. The average Bonchev–Trinajstić information content (AvgIpc) is 2.32. The topological polar surface area (TPSA) is 21.3 Å². The van der Waals surface area contributed by atoms with E-state index in [0.717, 1.165) is 18.7 Å². The predicted octanol–water partition coefficient (Wildman–Crippen LogP) is 4.16. The highest BCUT2D eigenvalue weighted by atomic mass is 16.5. The molecular formula is C17H29NO. The van der Waals surface area contributed by atoms with E-state index in [-0.39, 0.29) is 11.6 Å². The number of ether oxygens (including phenoxy) is 1. The van der Waals surface area contributed by atoms with Crippen LogP contribution in [0.2, 0.25) is 0 Å². The molecule has 2 nitrogen and oxygen atoms in total. The van der Waals surface area contributed by atoms with Crippen LogP contribution in [-0.2, 0) is 0 Å². The van der Waals surface area contributed by atoms with Crippen LogP contribution in [-0.4, -0.2) is 18.2 Å². The molecule has 0 aromatic heterocycles. The third-order valence-corrected chi connectivity index (χ3v) is 3.47. The lowest BCUT2D eigenvalue weighted by Gasteiger charge is -2.26. The Morgan fingerprint density at radius 1 is 1.11 bits per heavy atom. The smallest absolute Gasteiger partial charge is 0.125 e. The summed E-state index contributed by atoms with van der Waals surface area (Å²) in [5.41, 5.74) is 3.90. The van der Waals surface area contributed by atoms with Crippen LogP contribution in [0.15, 0.2) is 12.1 Å². The summed E-state index contributed by atoms with van der Waals surface area (Å²) in [5, 5.41) is 3.52. The molecule has 0 aliphatic rings. The largest absolute Gasteiger partial charge is 0.489 e. The van der Waals surface area contributed by atoms with Crippen molar-refractivity contribution < 1.29 is 4.74 Å². The molecule has 0 fully saturated rings. The molecule has 0 heterocycles. The molecule has 0 saturated carbocycles. The number of hydrogen-bond acceptors (Lipinski definition) is 2. The van der Waals surface area contributed by atoms with Gasteiger partial charge in [0.1, 0.15) is 11.9 Å². The van der Waals surface area contributed by atoms with Gasteiger partial charge < -0.3 is 10.1 Å². The van der Waals surface area contributed by atoms with E-state index in [9.17, 15) is 0 Å². The van der Waals surface area contributed by atoms with Crippen LogP contribution in [0.4, 0.5) is 0 Å². The van der Waals surface area contributed by atoms with Gasteiger partial charge in [0, 0.05) is 12.1 Å². The zero-order valence-electron chi connectivity index (χ0n) is 13.6. The lowest BCUT2D eigenvalue weighted by Crippen LogP contribution is -2.42. The third-order valence-electron chi connectivity index (χ3n) is 3.47. The van der Waals surface area contributed by atoms with Crippen molar-refractivity contribution >= 4 is 0 Å². The van der Waals surface area contributed by atoms with E-state index >= 15 is 0 Å². The Morgan fingerprint density at radius 3 is 2.21 bits per heavy atom. The first-order valence-corrected chi connectivity index (χ1v) is 7.23. The molecule has 0 spiro atoms. The van der Waals surface area contributed by atoms with Crippen LogP contribution in [0.5, 0.6) is 5.75 Å². The van der Waals surface area contributed by atoms with Gasteiger partial charge in [0.15, 0.2) is 0 Å². The van der Waals surface area contributed by atoms with E-state index in [2.05, 4.69) is 65.9 Å². The van der Waals surface area contributed by atoms with E-state index < -0.39 is 0 Å². The Morgan fingerprint density at radius 2 is 1.68 bits per heavy atom. The first-order chi connectivity index (χ1) is 8.74. The molecule has 19 heavy (non-hydrogen) atoms. The molecule has 0 aliphatic carbocycles. The standard InChI is InChI=1S/C17H29NO/c1-8-15(11-18-17(5,6)7)19-16-13(3)10-9-12(2)14(16)4/h9-10,15,18H,8,11H2,1-7H3. The second-order valence-electron chi connectivity index (χ2n) is 6.43. The van der Waals surface area contributed by atoms with Gasteiger partial charge in [-0.25, -0.2) is 0 Å². The highest BCUT2D eigenvalue weighted by Crippen LogP contribution is 2.27. The van der Waals surface area contributed by atoms with Crippen LogP contribution in [0.25, 0.3) is 0 Å². The maximum atomic E-state index is 6.24. The van der Waals surface area contributed by atoms with E-state index in [1.807, 2.05) is 0 Å². The van der Waals surface area contributed by atoms with Crippen LogP contribution < -0.4 is 10.1 Å². The molecular weight excluding hydrogens is 234 g/mol. The molecule has 1 N–H and O–H groups in total. The molecule has 2 heteroatoms. The molecule has 0 aliphatic heterocycles. The van der Waals surface area contributed by atoms with Crippen molar-refractivity contribution in [1.29, 1.82) is 0 Å². The van der Waals surface area contributed by atoms with Crippen LogP contribution >= 0.6 is 0 Å². The molecule has 1 unspecified atom stereocenters. The van der Waals surface area contributed by atoms with Crippen molar-refractivity contribution in [2.75, 3.05) is 6.54 Å². The summed E-state index contributed by atoms with van der Waals surface area (Å²) >= 11 is 0. The second kappa shape index (κ2) is 6.42. The molecule has 1 aromatic carbocycles. The minimum absolute atomic E-state index is 0.132. The van der Waals surface area contributed by atoms with Crippen molar-refractivity contribution in [3.63, 3.8) is 0 Å². The molecule has 0 amide bonds. The molecule has 1 aromatic rings. The SMILES string of the molecule is CCC(CNC(C)(C)C)Oc1c(C)ccc(C)c1C. The Kier molecular flexibility index (Phi) is 5.42. The first kappa shape index (κ1) is 16.0. The van der Waals surface area contributed by atoms with Gasteiger partial charge in [-0.1, -0.05) is 19.1 Å². The summed E-state index contributed by atoms with van der Waals surface area (Å²) in [6.45, 7) is 16.0. The third kappa shape index (κ3) is 4.87. The quantitative estimate of drug-likeness (QED) is 0.861. The van der Waals surface area contributed by atoms with Crippen molar-refractivity contribution in [3.8, 4) is 5.75 Å². The Labute approximate surface area is 118 Å². The lowest BCUT2D eigenvalue weighted by molar-refractivity contribution is 0.179. The fraction of sp³-hybridized carbons (Fsp3) is 0.647. The van der Waals surface area contributed by atoms with E-state index in [0.29, 0.717) is 0 Å². The molecule has 108 valence electrons. The van der Waals surface area contributed by atoms with E-state index in [1.54, 1.807) is 0 Å². The monoisotopic (exact) mass is 263 g/mol. The summed E-state index contributed by atoms with van der Waals surface area (Å²) in [5.74, 6) is 1.06. The number of hydrogen-bond donors (Lipinski definition) is 1. The minimum atomic E-state index is 0.132. The maximum Gasteiger partial charge on any atom is 0.125 e. The Balaban J connectivity index is 2.79. The first-order valence-electron chi connectivity index (χ1n) is 7.23. The summed E-state index contributed by atoms with van der Waals surface area (Å²) in [6, 6.07) is 4.30. The van der Waals surface area contributed by atoms with Crippen LogP contribution in [0, 0.1) is 20.8 Å². The lowest BCUT2D eigenvalue weighted by atomic mass is 10.0. The highest BCUT2D eigenvalue weighted by molar-refractivity contribution is 5.44. The Hall–Kier alpha value is -1.02. The normalized spacial score (nSPS) is 13.4. The van der Waals surface area contributed by atoms with Crippen molar-refractivity contribution in [2.24, 2.45) is 0 Å². The van der Waals surface area contributed by atoms with Crippen molar-refractivity contribution in [1.82, 2.24) is 5.32 Å². The molecule has 0 radical (unpaired) electrons. The highest BCUT2D eigenvalue weighted by Gasteiger charge is 2.16. The van der Waals surface area contributed by atoms with Gasteiger partial charge in [-0.2, -0.15) is 0 Å². The zero-order chi connectivity index (χ0) is 14.6. The number of rotatable bonds is 5. The number of nitrogens with one attached hydrogen (secondary N) is 1. The summed E-state index contributed by atoms with van der Waals surface area (Å²) in [4.78, 5) is 0. The fourth-order valence-corrected chi connectivity index (χ4v) is 1.96. The van der Waals surface area contributed by atoms with E-state index in [1.165, 1.54) is 16.7 Å². The van der Waals surface area contributed by atoms with Gasteiger partial charge in [-0.3, -0.25) is 0 Å². The fourth-order valence-electron chi connectivity index (χ4n) is 1.96. The van der Waals surface area contributed by atoms with Crippen molar-refractivity contribution in [2.45, 2.75) is 66.5 Å². The van der Waals surface area contributed by atoms with Crippen molar-refractivity contribution in [3.05, 3.63) is 28.8 Å². The minimum Gasteiger partial charge on any atom is -0.489 e. The summed E-state index contributed by atoms with van der Waals surface area (Å²) in [7, 11) is 0. The molecule has 0 bridgehead atoms. The predicted molar refractivity (Wildman–Crippen MR) is 83.1 cm³/mol. The van der Waals surface area contributed by atoms with Gasteiger partial charge in [-0.15, -0.1) is 0 Å². The molecule has 0 saturated heterocycles. The van der Waals surface area contributed by atoms with E-state index in [4.69, 9.17) is 4.74 Å². The van der Waals surface area contributed by atoms with Gasteiger partial charge in [0.2, 0.25) is 0 Å². The van der Waals surface area contributed by atoms with Crippen LogP contribution in [0.3, 0.4) is 0 Å². The van der Waals surface area contributed by atoms with Gasteiger partial charge in [0.05, 0.1) is 0 Å². The second-order valence-corrected chi connectivity index (χ2v) is 6.43. The van der Waals surface area contributed by atoms with Gasteiger partial charge in [-0.05, 0) is 64.7 Å². The molecule has 1 atom stereocenters. The summed E-state index contributed by atoms with van der Waals surface area (Å²) < 4.78 is 6.24. The summed E-state index contributed by atoms with van der Waals surface area (Å²) in [6.07, 6.45) is 1.23. The maximum absolute atomic E-state index is 6.24. The molecule has 1 rings (SSSR count). The number of benzene rings is 1. The van der Waals surface area contributed by atoms with Gasteiger partial charge >= 0.3 is 0 Å². The van der Waals surface area contributed by atoms with Gasteiger partial charge in [0.25, 0.3) is 0 Å². The Bertz CT molecular complexity index is 418. The van der Waals surface area contributed by atoms with Crippen LogP contribution in [0.1, 0.15) is 50.8 Å². The zero-order valence-corrected chi connectivity index (χ0v) is 13.6.